The molecule has 2 rings (SSSR count). The molecule has 2 nitrogen and oxygen atoms in total. The van der Waals surface area contributed by atoms with Gasteiger partial charge in [0.2, 0.25) is 0 Å². The Balaban J connectivity index is 1.93. The number of benzene rings is 2. The topological polar surface area (TPSA) is 12.5 Å². The molecule has 1 unspecified atom stereocenters. The van der Waals surface area contributed by atoms with Gasteiger partial charge in [0.15, 0.2) is 0 Å². The third-order valence-electron chi connectivity index (χ3n) is 3.20. The van der Waals surface area contributed by atoms with E-state index >= 15 is 0 Å². The minimum absolute atomic E-state index is 0.215. The highest BCUT2D eigenvalue weighted by molar-refractivity contribution is 5.16. The molecule has 0 aromatic heterocycles. The van der Waals surface area contributed by atoms with E-state index in [9.17, 15) is 0 Å². The van der Waals surface area contributed by atoms with Crippen molar-refractivity contribution in [2.45, 2.75) is 19.1 Å². The molecule has 2 aromatic rings. The molecule has 0 aliphatic heterocycles. The summed E-state index contributed by atoms with van der Waals surface area (Å²) in [6.45, 7) is 1.61. The minimum Gasteiger partial charge on any atom is -0.372 e. The summed E-state index contributed by atoms with van der Waals surface area (Å²) in [5.41, 5.74) is 2.55. The third-order valence-corrected chi connectivity index (χ3v) is 3.20. The second-order valence-electron chi connectivity index (χ2n) is 5.37. The zero-order valence-corrected chi connectivity index (χ0v) is 12.3. The maximum absolute atomic E-state index is 6.10. The summed E-state index contributed by atoms with van der Waals surface area (Å²) < 4.78 is 6.10. The number of rotatable bonds is 7. The lowest BCUT2D eigenvalue weighted by molar-refractivity contribution is 0.0246. The van der Waals surface area contributed by atoms with Gasteiger partial charge in [0.25, 0.3) is 0 Å². The molecular formula is C18H23NO. The summed E-state index contributed by atoms with van der Waals surface area (Å²) in [7, 11) is 4.17. The fourth-order valence-corrected chi connectivity index (χ4v) is 2.25. The Hall–Kier alpha value is -1.64. The van der Waals surface area contributed by atoms with Crippen LogP contribution in [-0.4, -0.2) is 31.6 Å². The zero-order valence-electron chi connectivity index (χ0n) is 12.3. The first-order chi connectivity index (χ1) is 9.74. The average molecular weight is 269 g/mol. The second-order valence-corrected chi connectivity index (χ2v) is 5.37. The smallest absolute Gasteiger partial charge is 0.0746 e. The van der Waals surface area contributed by atoms with Crippen LogP contribution in [0.4, 0.5) is 0 Å². The van der Waals surface area contributed by atoms with E-state index in [-0.39, 0.29) is 6.10 Å². The number of likely N-dealkylation sites (N-methyl/N-ethyl adjacent to an activating group) is 1. The fraction of sp³-hybridized carbons (Fsp3) is 0.333. The van der Waals surface area contributed by atoms with Crippen molar-refractivity contribution in [1.29, 1.82) is 0 Å². The molecule has 0 N–H and O–H groups in total. The van der Waals surface area contributed by atoms with Gasteiger partial charge in [-0.25, -0.2) is 0 Å². The maximum atomic E-state index is 6.10. The van der Waals surface area contributed by atoms with Gasteiger partial charge >= 0.3 is 0 Å². The number of hydrogen-bond donors (Lipinski definition) is 0. The zero-order chi connectivity index (χ0) is 14.2. The lowest BCUT2D eigenvalue weighted by atomic mass is 10.1. The van der Waals surface area contributed by atoms with Crippen molar-refractivity contribution in [2.24, 2.45) is 0 Å². The van der Waals surface area contributed by atoms with E-state index in [0.29, 0.717) is 6.61 Å². The Kier molecular flexibility index (Phi) is 5.78. The molecule has 0 radical (unpaired) electrons. The van der Waals surface area contributed by atoms with Crippen molar-refractivity contribution in [3.8, 4) is 0 Å². The molecule has 0 saturated heterocycles. The highest BCUT2D eigenvalue weighted by Gasteiger charge is 2.11. The van der Waals surface area contributed by atoms with Gasteiger partial charge < -0.3 is 9.64 Å². The highest BCUT2D eigenvalue weighted by Crippen LogP contribution is 2.10. The van der Waals surface area contributed by atoms with Crippen LogP contribution in [0.1, 0.15) is 11.1 Å². The monoisotopic (exact) mass is 269 g/mol. The predicted octanol–water partition coefficient (Wildman–Crippen LogP) is 3.38. The van der Waals surface area contributed by atoms with E-state index in [0.717, 1.165) is 13.0 Å². The Morgan fingerprint density at radius 3 is 1.95 bits per heavy atom. The molecule has 0 saturated carbocycles. The fourth-order valence-electron chi connectivity index (χ4n) is 2.25. The van der Waals surface area contributed by atoms with Gasteiger partial charge in [-0.05, 0) is 31.6 Å². The highest BCUT2D eigenvalue weighted by atomic mass is 16.5. The van der Waals surface area contributed by atoms with Crippen LogP contribution in [0.25, 0.3) is 0 Å². The van der Waals surface area contributed by atoms with Crippen LogP contribution in [0.5, 0.6) is 0 Å². The minimum atomic E-state index is 0.215. The summed E-state index contributed by atoms with van der Waals surface area (Å²) in [5, 5.41) is 0. The van der Waals surface area contributed by atoms with Crippen LogP contribution in [-0.2, 0) is 17.8 Å². The Bertz CT molecular complexity index is 481. The predicted molar refractivity (Wildman–Crippen MR) is 83.7 cm³/mol. The summed E-state index contributed by atoms with van der Waals surface area (Å²) >= 11 is 0. The van der Waals surface area contributed by atoms with Crippen LogP contribution in [0, 0.1) is 0 Å². The van der Waals surface area contributed by atoms with E-state index in [2.05, 4.69) is 73.6 Å². The quantitative estimate of drug-likeness (QED) is 0.764. The van der Waals surface area contributed by atoms with Crippen molar-refractivity contribution in [1.82, 2.24) is 4.90 Å². The molecule has 0 aliphatic carbocycles. The SMILES string of the molecule is CN(C)CC(Cc1ccccc1)OCc1ccccc1. The Morgan fingerprint density at radius 1 is 0.850 bits per heavy atom. The molecule has 0 aliphatic rings. The van der Waals surface area contributed by atoms with Crippen LogP contribution < -0.4 is 0 Å². The maximum Gasteiger partial charge on any atom is 0.0746 e. The lowest BCUT2D eigenvalue weighted by Gasteiger charge is -2.22. The normalized spacial score (nSPS) is 12.6. The van der Waals surface area contributed by atoms with Gasteiger partial charge in [-0.2, -0.15) is 0 Å². The van der Waals surface area contributed by atoms with Crippen molar-refractivity contribution in [3.63, 3.8) is 0 Å². The van der Waals surface area contributed by atoms with Gasteiger partial charge in [-0.15, -0.1) is 0 Å². The Morgan fingerprint density at radius 2 is 1.40 bits per heavy atom. The largest absolute Gasteiger partial charge is 0.372 e. The van der Waals surface area contributed by atoms with Gasteiger partial charge in [-0.1, -0.05) is 60.7 Å². The summed E-state index contributed by atoms with van der Waals surface area (Å²) in [5.74, 6) is 0. The number of ether oxygens (including phenoxy) is 1. The molecule has 2 heteroatoms. The first-order valence-corrected chi connectivity index (χ1v) is 7.08. The van der Waals surface area contributed by atoms with Crippen molar-refractivity contribution in [3.05, 3.63) is 71.8 Å². The summed E-state index contributed by atoms with van der Waals surface area (Å²) in [6.07, 6.45) is 1.17. The number of hydrogen-bond acceptors (Lipinski definition) is 2. The van der Waals surface area contributed by atoms with Crippen molar-refractivity contribution in [2.75, 3.05) is 20.6 Å². The summed E-state index contributed by atoms with van der Waals surface area (Å²) in [4.78, 5) is 2.18. The molecule has 20 heavy (non-hydrogen) atoms. The van der Waals surface area contributed by atoms with Crippen molar-refractivity contribution >= 4 is 0 Å². The van der Waals surface area contributed by atoms with Crippen LogP contribution in [0.15, 0.2) is 60.7 Å². The van der Waals surface area contributed by atoms with Crippen LogP contribution in [0.3, 0.4) is 0 Å². The molecule has 2 aromatic carbocycles. The van der Waals surface area contributed by atoms with Gasteiger partial charge in [-0.3, -0.25) is 0 Å². The van der Waals surface area contributed by atoms with Gasteiger partial charge in [0.1, 0.15) is 0 Å². The Labute approximate surface area is 122 Å². The van der Waals surface area contributed by atoms with Crippen LogP contribution >= 0.6 is 0 Å². The van der Waals surface area contributed by atoms with E-state index in [1.54, 1.807) is 0 Å². The molecule has 106 valence electrons. The first-order valence-electron chi connectivity index (χ1n) is 7.08. The molecule has 0 fully saturated rings. The number of nitrogens with zero attached hydrogens (tertiary/aromatic N) is 1. The van der Waals surface area contributed by atoms with E-state index in [4.69, 9.17) is 4.74 Å². The third kappa shape index (κ3) is 5.16. The van der Waals surface area contributed by atoms with E-state index in [1.165, 1.54) is 11.1 Å². The average Bonchev–Trinajstić information content (AvgIpc) is 2.46. The van der Waals surface area contributed by atoms with E-state index < -0.39 is 0 Å². The molecule has 0 heterocycles. The second kappa shape index (κ2) is 7.83. The molecule has 0 bridgehead atoms. The first kappa shape index (κ1) is 14.8. The standard InChI is InChI=1S/C18H23NO/c1-19(2)14-18(13-16-9-5-3-6-10-16)20-15-17-11-7-4-8-12-17/h3-12,18H,13-15H2,1-2H3. The molecule has 1 atom stereocenters. The van der Waals surface area contributed by atoms with Crippen molar-refractivity contribution < 1.29 is 4.74 Å². The van der Waals surface area contributed by atoms with Gasteiger partial charge in [0, 0.05) is 6.54 Å². The molecule has 0 amide bonds. The summed E-state index contributed by atoms with van der Waals surface area (Å²) in [6, 6.07) is 20.9. The molecular weight excluding hydrogens is 246 g/mol. The molecule has 0 spiro atoms. The van der Waals surface area contributed by atoms with Crippen LogP contribution in [0.2, 0.25) is 0 Å². The van der Waals surface area contributed by atoms with Gasteiger partial charge in [0.05, 0.1) is 12.7 Å². The lowest BCUT2D eigenvalue weighted by Crippen LogP contribution is -2.30. The van der Waals surface area contributed by atoms with E-state index in [1.807, 2.05) is 6.07 Å².